The first-order valence-corrected chi connectivity index (χ1v) is 8.49. The Labute approximate surface area is 158 Å². The number of aryl methyl sites for hydroxylation is 1. The number of anilines is 3. The molecule has 0 bridgehead atoms. The highest BCUT2D eigenvalue weighted by Gasteiger charge is 2.11. The van der Waals surface area contributed by atoms with Crippen molar-refractivity contribution in [1.29, 1.82) is 0 Å². The van der Waals surface area contributed by atoms with Crippen LogP contribution in [0.5, 0.6) is 0 Å². The van der Waals surface area contributed by atoms with Gasteiger partial charge in [-0.25, -0.2) is 4.79 Å². The molecule has 0 spiro atoms. The maximum atomic E-state index is 12.3. The maximum absolute atomic E-state index is 12.3. The van der Waals surface area contributed by atoms with E-state index in [4.69, 9.17) is 4.74 Å². The number of esters is 1. The van der Waals surface area contributed by atoms with Crippen molar-refractivity contribution in [2.75, 3.05) is 17.7 Å². The molecule has 0 atom stereocenters. The summed E-state index contributed by atoms with van der Waals surface area (Å²) in [7, 11) is 1.35. The topological polar surface area (TPSA) is 67.4 Å². The van der Waals surface area contributed by atoms with Crippen molar-refractivity contribution in [2.45, 2.75) is 6.92 Å². The molecule has 0 heterocycles. The van der Waals surface area contributed by atoms with Crippen LogP contribution in [0.25, 0.3) is 0 Å². The van der Waals surface area contributed by atoms with Crippen LogP contribution in [0.2, 0.25) is 0 Å². The summed E-state index contributed by atoms with van der Waals surface area (Å²) < 4.78 is 4.80. The number of carbonyl (C=O) groups is 2. The van der Waals surface area contributed by atoms with E-state index in [-0.39, 0.29) is 5.91 Å². The Morgan fingerprint density at radius 3 is 2.26 bits per heavy atom. The minimum Gasteiger partial charge on any atom is -0.465 e. The molecular weight excluding hydrogens is 340 g/mol. The van der Waals surface area contributed by atoms with Gasteiger partial charge >= 0.3 is 5.97 Å². The Kier molecular flexibility index (Phi) is 5.52. The van der Waals surface area contributed by atoms with Crippen LogP contribution in [0.4, 0.5) is 17.1 Å². The fourth-order valence-electron chi connectivity index (χ4n) is 2.66. The predicted octanol–water partition coefficient (Wildman–Crippen LogP) is 4.78. The van der Waals surface area contributed by atoms with Gasteiger partial charge in [-0.15, -0.1) is 0 Å². The fourth-order valence-corrected chi connectivity index (χ4v) is 2.66. The third kappa shape index (κ3) is 4.52. The first-order chi connectivity index (χ1) is 13.1. The number of benzene rings is 3. The second-order valence-corrected chi connectivity index (χ2v) is 6.06. The average molecular weight is 360 g/mol. The molecule has 3 rings (SSSR count). The lowest BCUT2D eigenvalue weighted by molar-refractivity contribution is 0.0601. The molecule has 5 nitrogen and oxygen atoms in total. The monoisotopic (exact) mass is 360 g/mol. The van der Waals surface area contributed by atoms with Crippen LogP contribution < -0.4 is 10.6 Å². The zero-order valence-electron chi connectivity index (χ0n) is 15.2. The van der Waals surface area contributed by atoms with E-state index in [1.54, 1.807) is 36.4 Å². The number of ether oxygens (including phenoxy) is 1. The molecule has 1 amide bonds. The molecule has 0 aliphatic carbocycles. The van der Waals surface area contributed by atoms with Gasteiger partial charge in [0.15, 0.2) is 0 Å². The zero-order valence-corrected chi connectivity index (χ0v) is 15.2. The van der Waals surface area contributed by atoms with Gasteiger partial charge in [-0.3, -0.25) is 4.79 Å². The van der Waals surface area contributed by atoms with E-state index in [0.717, 1.165) is 11.3 Å². The van der Waals surface area contributed by atoms with E-state index in [9.17, 15) is 9.59 Å². The summed E-state index contributed by atoms with van der Waals surface area (Å²) in [5, 5.41) is 6.07. The molecule has 0 fully saturated rings. The molecule has 0 saturated carbocycles. The summed E-state index contributed by atoms with van der Waals surface area (Å²) in [4.78, 5) is 24.2. The second-order valence-electron chi connectivity index (χ2n) is 6.06. The lowest BCUT2D eigenvalue weighted by Gasteiger charge is -2.11. The third-order valence-electron chi connectivity index (χ3n) is 4.03. The summed E-state index contributed by atoms with van der Waals surface area (Å²) in [5.74, 6) is -0.560. The second kappa shape index (κ2) is 8.19. The molecule has 2 N–H and O–H groups in total. The largest absolute Gasteiger partial charge is 0.465 e. The van der Waals surface area contributed by atoms with Crippen molar-refractivity contribution in [3.05, 3.63) is 89.5 Å². The first kappa shape index (κ1) is 18.2. The van der Waals surface area contributed by atoms with Crippen LogP contribution in [-0.2, 0) is 4.74 Å². The van der Waals surface area contributed by atoms with E-state index in [1.165, 1.54) is 7.11 Å². The normalized spacial score (nSPS) is 10.1. The van der Waals surface area contributed by atoms with Crippen LogP contribution in [0.15, 0.2) is 72.8 Å². The van der Waals surface area contributed by atoms with Crippen LogP contribution in [0.1, 0.15) is 26.3 Å². The van der Waals surface area contributed by atoms with Gasteiger partial charge in [0.1, 0.15) is 0 Å². The number of rotatable bonds is 5. The fraction of sp³-hybridized carbons (Fsp3) is 0.0909. The number of amides is 1. The van der Waals surface area contributed by atoms with Gasteiger partial charge in [0.05, 0.1) is 18.4 Å². The van der Waals surface area contributed by atoms with Crippen molar-refractivity contribution in [3.63, 3.8) is 0 Å². The molecular formula is C22H20N2O3. The number of para-hydroxylation sites is 1. The molecule has 5 heteroatoms. The van der Waals surface area contributed by atoms with Gasteiger partial charge in [0.2, 0.25) is 0 Å². The summed E-state index contributed by atoms with van der Waals surface area (Å²) in [6.45, 7) is 1.95. The molecule has 0 saturated heterocycles. The van der Waals surface area contributed by atoms with Crippen LogP contribution in [0, 0.1) is 6.92 Å². The molecule has 0 aliphatic rings. The average Bonchev–Trinajstić information content (AvgIpc) is 2.69. The standard InChI is InChI=1S/C22H20N2O3/c1-15-6-5-7-16(14-15)21(25)24-18-12-10-17(11-13-18)23-20-9-4-3-8-19(20)22(26)27-2/h3-14,23H,1-2H3,(H,24,25). The summed E-state index contributed by atoms with van der Waals surface area (Å²) >= 11 is 0. The van der Waals surface area contributed by atoms with Crippen LogP contribution in [-0.4, -0.2) is 19.0 Å². The van der Waals surface area contributed by atoms with Gasteiger partial charge in [0.25, 0.3) is 5.91 Å². The molecule has 27 heavy (non-hydrogen) atoms. The van der Waals surface area contributed by atoms with Crippen molar-refractivity contribution < 1.29 is 14.3 Å². The Bertz CT molecular complexity index is 965. The number of hydrogen-bond acceptors (Lipinski definition) is 4. The zero-order chi connectivity index (χ0) is 19.2. The Morgan fingerprint density at radius 2 is 1.56 bits per heavy atom. The minimum absolute atomic E-state index is 0.157. The Hall–Kier alpha value is -3.60. The van der Waals surface area contributed by atoms with E-state index in [0.29, 0.717) is 22.5 Å². The number of carbonyl (C=O) groups excluding carboxylic acids is 2. The quantitative estimate of drug-likeness (QED) is 0.643. The highest BCUT2D eigenvalue weighted by molar-refractivity contribution is 6.04. The summed E-state index contributed by atoms with van der Waals surface area (Å²) in [6, 6.07) is 21.8. The predicted molar refractivity (Wildman–Crippen MR) is 107 cm³/mol. The number of hydrogen-bond donors (Lipinski definition) is 2. The van der Waals surface area contributed by atoms with Crippen molar-refractivity contribution in [2.24, 2.45) is 0 Å². The smallest absolute Gasteiger partial charge is 0.339 e. The SMILES string of the molecule is COC(=O)c1ccccc1Nc1ccc(NC(=O)c2cccc(C)c2)cc1. The van der Waals surface area contributed by atoms with E-state index >= 15 is 0 Å². The molecule has 136 valence electrons. The molecule has 3 aromatic rings. The summed E-state index contributed by atoms with van der Waals surface area (Å²) in [6.07, 6.45) is 0. The molecule has 0 aromatic heterocycles. The molecule has 0 aliphatic heterocycles. The van der Waals surface area contributed by atoms with Crippen LogP contribution in [0.3, 0.4) is 0 Å². The van der Waals surface area contributed by atoms with E-state index < -0.39 is 5.97 Å². The van der Waals surface area contributed by atoms with E-state index in [2.05, 4.69) is 10.6 Å². The van der Waals surface area contributed by atoms with Gasteiger partial charge in [0, 0.05) is 16.9 Å². The first-order valence-electron chi connectivity index (χ1n) is 8.49. The van der Waals surface area contributed by atoms with Gasteiger partial charge in [-0.05, 0) is 55.5 Å². The number of nitrogens with one attached hydrogen (secondary N) is 2. The lowest BCUT2D eigenvalue weighted by atomic mass is 10.1. The number of methoxy groups -OCH3 is 1. The van der Waals surface area contributed by atoms with Crippen molar-refractivity contribution in [1.82, 2.24) is 0 Å². The van der Waals surface area contributed by atoms with Crippen LogP contribution >= 0.6 is 0 Å². The highest BCUT2D eigenvalue weighted by atomic mass is 16.5. The summed E-state index contributed by atoms with van der Waals surface area (Å²) in [5.41, 5.74) is 4.24. The molecule has 3 aromatic carbocycles. The lowest BCUT2D eigenvalue weighted by Crippen LogP contribution is -2.11. The Balaban J connectivity index is 1.71. The van der Waals surface area contributed by atoms with Gasteiger partial charge < -0.3 is 15.4 Å². The minimum atomic E-state index is -0.403. The molecule has 0 unspecified atom stereocenters. The van der Waals surface area contributed by atoms with E-state index in [1.807, 2.05) is 43.3 Å². The Morgan fingerprint density at radius 1 is 0.852 bits per heavy atom. The van der Waals surface area contributed by atoms with Crippen molar-refractivity contribution >= 4 is 28.9 Å². The third-order valence-corrected chi connectivity index (χ3v) is 4.03. The highest BCUT2D eigenvalue weighted by Crippen LogP contribution is 2.23. The maximum Gasteiger partial charge on any atom is 0.339 e. The van der Waals surface area contributed by atoms with Crippen molar-refractivity contribution in [3.8, 4) is 0 Å². The van der Waals surface area contributed by atoms with Gasteiger partial charge in [-0.2, -0.15) is 0 Å². The molecule has 0 radical (unpaired) electrons. The van der Waals surface area contributed by atoms with Gasteiger partial charge in [-0.1, -0.05) is 29.8 Å².